The molecule has 2 aromatic carbocycles. The molecule has 0 bridgehead atoms. The van der Waals surface area contributed by atoms with Crippen LogP contribution in [0.5, 0.6) is 0 Å². The third-order valence-corrected chi connectivity index (χ3v) is 5.43. The highest BCUT2D eigenvalue weighted by atomic mass is 16.6. The topological polar surface area (TPSA) is 118 Å². The van der Waals surface area contributed by atoms with Gasteiger partial charge in [0.05, 0.1) is 19.8 Å². The van der Waals surface area contributed by atoms with Gasteiger partial charge < -0.3 is 25.4 Å². The van der Waals surface area contributed by atoms with E-state index >= 15 is 0 Å². The van der Waals surface area contributed by atoms with Gasteiger partial charge in [0.1, 0.15) is 18.2 Å². The number of nitrogens with zero attached hydrogens (tertiary/aromatic N) is 2. The number of anilines is 1. The number of esters is 1. The van der Waals surface area contributed by atoms with Crippen LogP contribution in [0, 0.1) is 11.3 Å². The zero-order chi connectivity index (χ0) is 23.5. The summed E-state index contributed by atoms with van der Waals surface area (Å²) in [6.45, 7) is 2.81. The second kappa shape index (κ2) is 12.6. The molecule has 1 fully saturated rings. The third kappa shape index (κ3) is 7.31. The van der Waals surface area contributed by atoms with Crippen LogP contribution in [0.15, 0.2) is 42.0 Å². The Kier molecular flexibility index (Phi) is 9.24. The number of fused-ring (bicyclic) bond motifs is 1. The van der Waals surface area contributed by atoms with E-state index < -0.39 is 11.9 Å². The van der Waals surface area contributed by atoms with Gasteiger partial charge in [-0.1, -0.05) is 18.2 Å². The first-order chi connectivity index (χ1) is 16.1. The standard InChI is InChI=1S/C25H30N4O4/c26-17-22(25(31)28-8-11-32-12-13-33-24(30)18-27)15-19-4-5-21-16-23(7-6-20(21)14-19)29-9-2-1-3-10-29/h4-7,14-16H,1-3,8-13,18,27H2,(H,28,31)/b22-15+. The summed E-state index contributed by atoms with van der Waals surface area (Å²) < 4.78 is 10.1. The number of carbonyl (C=O) groups is 2. The van der Waals surface area contributed by atoms with E-state index in [1.807, 2.05) is 24.3 Å². The Labute approximate surface area is 193 Å². The molecule has 1 aliphatic rings. The molecule has 174 valence electrons. The van der Waals surface area contributed by atoms with Gasteiger partial charge in [0, 0.05) is 25.3 Å². The highest BCUT2D eigenvalue weighted by molar-refractivity contribution is 6.02. The first-order valence-electron chi connectivity index (χ1n) is 11.2. The van der Waals surface area contributed by atoms with Gasteiger partial charge in [-0.2, -0.15) is 5.26 Å². The Morgan fingerprint density at radius 2 is 1.82 bits per heavy atom. The van der Waals surface area contributed by atoms with Crippen molar-refractivity contribution in [1.29, 1.82) is 5.26 Å². The molecule has 1 aliphatic heterocycles. The van der Waals surface area contributed by atoms with Gasteiger partial charge in [-0.25, -0.2) is 0 Å². The van der Waals surface area contributed by atoms with E-state index in [4.69, 9.17) is 15.2 Å². The molecule has 8 nitrogen and oxygen atoms in total. The smallest absolute Gasteiger partial charge is 0.319 e. The summed E-state index contributed by atoms with van der Waals surface area (Å²) in [6.07, 6.45) is 5.35. The molecule has 0 atom stereocenters. The molecule has 8 heteroatoms. The van der Waals surface area contributed by atoms with E-state index in [-0.39, 0.29) is 38.5 Å². The van der Waals surface area contributed by atoms with Crippen LogP contribution in [0.3, 0.4) is 0 Å². The van der Waals surface area contributed by atoms with Gasteiger partial charge in [-0.3, -0.25) is 9.59 Å². The highest BCUT2D eigenvalue weighted by Crippen LogP contribution is 2.26. The van der Waals surface area contributed by atoms with Crippen molar-refractivity contribution in [2.24, 2.45) is 5.73 Å². The average Bonchev–Trinajstić information content (AvgIpc) is 2.86. The van der Waals surface area contributed by atoms with E-state index in [2.05, 4.69) is 28.4 Å². The molecule has 3 rings (SSSR count). The van der Waals surface area contributed by atoms with E-state index in [9.17, 15) is 14.9 Å². The molecule has 0 radical (unpaired) electrons. The van der Waals surface area contributed by atoms with E-state index in [1.54, 1.807) is 6.08 Å². The fraction of sp³-hybridized carbons (Fsp3) is 0.400. The zero-order valence-electron chi connectivity index (χ0n) is 18.7. The number of rotatable bonds is 10. The Balaban J connectivity index is 1.53. The molecule has 0 saturated carbocycles. The molecular formula is C25H30N4O4. The second-order valence-corrected chi connectivity index (χ2v) is 7.80. The monoisotopic (exact) mass is 450 g/mol. The lowest BCUT2D eigenvalue weighted by Gasteiger charge is -2.29. The van der Waals surface area contributed by atoms with Crippen LogP contribution in [0.2, 0.25) is 0 Å². The molecule has 1 saturated heterocycles. The number of ether oxygens (including phenoxy) is 2. The van der Waals surface area contributed by atoms with Crippen molar-refractivity contribution in [3.8, 4) is 6.07 Å². The fourth-order valence-corrected chi connectivity index (χ4v) is 3.71. The van der Waals surface area contributed by atoms with Crippen molar-refractivity contribution in [2.75, 3.05) is 50.9 Å². The van der Waals surface area contributed by atoms with Crippen molar-refractivity contribution in [1.82, 2.24) is 5.32 Å². The summed E-state index contributed by atoms with van der Waals surface area (Å²) in [6, 6.07) is 14.3. The SMILES string of the molecule is N#C/C(=C\c1ccc2cc(N3CCCCC3)ccc2c1)C(=O)NCCOCCOC(=O)CN. The minimum absolute atomic E-state index is 0.0242. The zero-order valence-corrected chi connectivity index (χ0v) is 18.7. The highest BCUT2D eigenvalue weighted by Gasteiger charge is 2.12. The molecule has 1 amide bonds. The van der Waals surface area contributed by atoms with Gasteiger partial charge in [0.25, 0.3) is 5.91 Å². The van der Waals surface area contributed by atoms with Crippen LogP contribution < -0.4 is 16.0 Å². The number of nitriles is 1. The first-order valence-corrected chi connectivity index (χ1v) is 11.2. The van der Waals surface area contributed by atoms with Crippen molar-refractivity contribution in [3.63, 3.8) is 0 Å². The number of amides is 1. The van der Waals surface area contributed by atoms with Crippen molar-refractivity contribution in [2.45, 2.75) is 19.3 Å². The van der Waals surface area contributed by atoms with E-state index in [1.165, 1.54) is 24.9 Å². The number of hydrogen-bond acceptors (Lipinski definition) is 7. The van der Waals surface area contributed by atoms with Crippen LogP contribution >= 0.6 is 0 Å². The van der Waals surface area contributed by atoms with Crippen LogP contribution in [-0.2, 0) is 19.1 Å². The second-order valence-electron chi connectivity index (χ2n) is 7.80. The van der Waals surface area contributed by atoms with Crippen molar-refractivity contribution in [3.05, 3.63) is 47.5 Å². The molecule has 0 aliphatic carbocycles. The maximum atomic E-state index is 12.3. The van der Waals surface area contributed by atoms with Crippen molar-refractivity contribution < 1.29 is 19.1 Å². The summed E-state index contributed by atoms with van der Waals surface area (Å²) >= 11 is 0. The van der Waals surface area contributed by atoms with Gasteiger partial charge in [-0.15, -0.1) is 0 Å². The minimum atomic E-state index is -0.494. The number of piperidine rings is 1. The molecule has 0 aromatic heterocycles. The summed E-state index contributed by atoms with van der Waals surface area (Å²) in [5, 5.41) is 14.3. The summed E-state index contributed by atoms with van der Waals surface area (Å²) in [7, 11) is 0. The van der Waals surface area contributed by atoms with Crippen LogP contribution in [0.1, 0.15) is 24.8 Å². The number of hydrogen-bond donors (Lipinski definition) is 2. The summed E-state index contributed by atoms with van der Waals surface area (Å²) in [5.41, 5.74) is 7.18. The van der Waals surface area contributed by atoms with Gasteiger partial charge in [0.2, 0.25) is 0 Å². The molecule has 0 spiro atoms. The summed E-state index contributed by atoms with van der Waals surface area (Å²) in [5.74, 6) is -0.956. The lowest BCUT2D eigenvalue weighted by molar-refractivity contribution is -0.143. The molecule has 1 heterocycles. The van der Waals surface area contributed by atoms with Crippen LogP contribution in [0.4, 0.5) is 5.69 Å². The van der Waals surface area contributed by atoms with Gasteiger partial charge >= 0.3 is 5.97 Å². The molecule has 2 aromatic rings. The third-order valence-electron chi connectivity index (χ3n) is 5.43. The number of nitrogens with two attached hydrogens (primary N) is 1. The Morgan fingerprint density at radius 1 is 1.06 bits per heavy atom. The quantitative estimate of drug-likeness (QED) is 0.247. The Bertz CT molecular complexity index is 1040. The minimum Gasteiger partial charge on any atom is -0.462 e. The first kappa shape index (κ1) is 24.2. The van der Waals surface area contributed by atoms with Gasteiger partial charge in [0.15, 0.2) is 0 Å². The largest absolute Gasteiger partial charge is 0.462 e. The molecule has 33 heavy (non-hydrogen) atoms. The number of benzene rings is 2. The normalized spacial score (nSPS) is 14.1. The maximum Gasteiger partial charge on any atom is 0.319 e. The average molecular weight is 451 g/mol. The van der Waals surface area contributed by atoms with Crippen LogP contribution in [-0.4, -0.2) is 57.9 Å². The van der Waals surface area contributed by atoms with E-state index in [0.717, 1.165) is 29.4 Å². The molecular weight excluding hydrogens is 420 g/mol. The molecule has 0 unspecified atom stereocenters. The predicted octanol–water partition coefficient (Wildman–Crippen LogP) is 2.37. The lowest BCUT2D eigenvalue weighted by Crippen LogP contribution is -2.29. The van der Waals surface area contributed by atoms with E-state index in [0.29, 0.717) is 0 Å². The number of carbonyl (C=O) groups excluding carboxylic acids is 2. The summed E-state index contributed by atoms with van der Waals surface area (Å²) in [4.78, 5) is 25.7. The van der Waals surface area contributed by atoms with Crippen LogP contribution in [0.25, 0.3) is 16.8 Å². The van der Waals surface area contributed by atoms with Crippen molar-refractivity contribution >= 4 is 34.4 Å². The lowest BCUT2D eigenvalue weighted by atomic mass is 10.0. The number of nitrogens with one attached hydrogen (secondary N) is 1. The van der Waals surface area contributed by atoms with Gasteiger partial charge in [-0.05, 0) is 59.9 Å². The molecule has 3 N–H and O–H groups in total. The Hall–Kier alpha value is -3.41. The fourth-order valence-electron chi connectivity index (χ4n) is 3.71. The Morgan fingerprint density at radius 3 is 2.58 bits per heavy atom. The predicted molar refractivity (Wildman–Crippen MR) is 127 cm³/mol. The maximum absolute atomic E-state index is 12.3.